The van der Waals surface area contributed by atoms with Crippen molar-refractivity contribution in [3.63, 3.8) is 0 Å². The maximum atomic E-state index is 6.28. The molecule has 0 bridgehead atoms. The van der Waals surface area contributed by atoms with E-state index < -0.39 is 0 Å². The van der Waals surface area contributed by atoms with E-state index in [-0.39, 0.29) is 6.04 Å². The highest BCUT2D eigenvalue weighted by Gasteiger charge is 2.26. The lowest BCUT2D eigenvalue weighted by Crippen LogP contribution is -2.31. The molecule has 8 nitrogen and oxygen atoms in total. The molecule has 1 unspecified atom stereocenters. The number of rotatable bonds is 5. The Labute approximate surface area is 190 Å². The molecule has 0 amide bonds. The van der Waals surface area contributed by atoms with Crippen LogP contribution in [0.25, 0.3) is 22.3 Å². The Morgan fingerprint density at radius 1 is 1.06 bits per heavy atom. The van der Waals surface area contributed by atoms with Crippen LogP contribution in [0, 0.1) is 0 Å². The number of fused-ring (bicyclic) bond motifs is 1. The summed E-state index contributed by atoms with van der Waals surface area (Å²) in [5, 5.41) is 5.66. The lowest BCUT2D eigenvalue weighted by Gasteiger charge is -2.27. The van der Waals surface area contributed by atoms with E-state index in [9.17, 15) is 0 Å². The first-order chi connectivity index (χ1) is 15.6. The molecular weight excluding hydrogens is 428 g/mol. The first-order valence-electron chi connectivity index (χ1n) is 10.4. The van der Waals surface area contributed by atoms with E-state index in [2.05, 4.69) is 9.97 Å². The fraction of sp³-hybridized carbons (Fsp3) is 0.261. The molecule has 5 rings (SSSR count). The topological polar surface area (TPSA) is 91.3 Å². The zero-order valence-electron chi connectivity index (χ0n) is 17.6. The van der Waals surface area contributed by atoms with Crippen molar-refractivity contribution in [1.29, 1.82) is 0 Å². The summed E-state index contributed by atoms with van der Waals surface area (Å²) in [5.74, 6) is 2.56. The van der Waals surface area contributed by atoms with Crippen LogP contribution < -0.4 is 15.2 Å². The highest BCUT2D eigenvalue weighted by Crippen LogP contribution is 2.35. The standard InChI is InChI=1S/C23H23ClN6O2/c1-31-18-5-2-6-19(12-18)32-17-9-7-15(8-10-17)21-20-22(25)26-14-27-23(20)30(28-21)16-4-3-11-29(24)13-16/h2,5-10,12,14,16H,3-4,11,13H2,1H3,(H2,25,26,27). The number of piperidine rings is 1. The summed E-state index contributed by atoms with van der Waals surface area (Å²) in [6, 6.07) is 15.3. The third kappa shape index (κ3) is 3.94. The van der Waals surface area contributed by atoms with E-state index in [1.54, 1.807) is 11.5 Å². The summed E-state index contributed by atoms with van der Waals surface area (Å²) < 4.78 is 15.0. The van der Waals surface area contributed by atoms with Gasteiger partial charge < -0.3 is 15.2 Å². The van der Waals surface area contributed by atoms with E-state index in [0.29, 0.717) is 23.9 Å². The van der Waals surface area contributed by atoms with Crippen molar-refractivity contribution in [3.05, 3.63) is 54.9 Å². The van der Waals surface area contributed by atoms with Crippen LogP contribution in [0.1, 0.15) is 18.9 Å². The first kappa shape index (κ1) is 20.5. The fourth-order valence-electron chi connectivity index (χ4n) is 4.04. The van der Waals surface area contributed by atoms with E-state index in [4.69, 9.17) is 32.1 Å². The van der Waals surface area contributed by atoms with Crippen LogP contribution in [-0.2, 0) is 0 Å². The van der Waals surface area contributed by atoms with Crippen molar-refractivity contribution < 1.29 is 9.47 Å². The second-order valence-electron chi connectivity index (χ2n) is 7.72. The van der Waals surface area contributed by atoms with Gasteiger partial charge in [-0.2, -0.15) is 5.10 Å². The minimum absolute atomic E-state index is 0.127. The number of nitrogens with zero attached hydrogens (tertiary/aromatic N) is 5. The van der Waals surface area contributed by atoms with E-state index >= 15 is 0 Å². The Kier molecular flexibility index (Phi) is 5.55. The van der Waals surface area contributed by atoms with Gasteiger partial charge in [0.25, 0.3) is 0 Å². The molecular formula is C23H23ClN6O2. The highest BCUT2D eigenvalue weighted by molar-refractivity contribution is 6.13. The number of hydrogen-bond acceptors (Lipinski definition) is 7. The smallest absolute Gasteiger partial charge is 0.164 e. The minimum Gasteiger partial charge on any atom is -0.497 e. The maximum Gasteiger partial charge on any atom is 0.164 e. The lowest BCUT2D eigenvalue weighted by atomic mass is 10.1. The Bertz CT molecular complexity index is 1240. The van der Waals surface area contributed by atoms with Gasteiger partial charge in [-0.25, -0.2) is 19.1 Å². The van der Waals surface area contributed by atoms with Crippen molar-refractivity contribution in [2.75, 3.05) is 25.9 Å². The van der Waals surface area contributed by atoms with Crippen LogP contribution in [0.15, 0.2) is 54.9 Å². The van der Waals surface area contributed by atoms with Gasteiger partial charge in [0.05, 0.1) is 18.5 Å². The molecule has 32 heavy (non-hydrogen) atoms. The number of nitrogens with two attached hydrogens (primary N) is 1. The SMILES string of the molecule is COc1cccc(Oc2ccc(-c3nn(C4CCCN(Cl)C4)c4ncnc(N)c34)cc2)c1. The molecule has 2 N–H and O–H groups in total. The van der Waals surface area contributed by atoms with Crippen LogP contribution in [0.4, 0.5) is 5.82 Å². The Balaban J connectivity index is 1.49. The minimum atomic E-state index is 0.127. The maximum absolute atomic E-state index is 6.28. The molecule has 0 radical (unpaired) electrons. The van der Waals surface area contributed by atoms with E-state index in [1.807, 2.05) is 53.2 Å². The number of halogens is 1. The highest BCUT2D eigenvalue weighted by atomic mass is 35.5. The molecule has 0 aliphatic carbocycles. The Hall–Kier alpha value is -3.36. The van der Waals surface area contributed by atoms with Gasteiger partial charge in [0.2, 0.25) is 0 Å². The summed E-state index contributed by atoms with van der Waals surface area (Å²) in [6.07, 6.45) is 3.46. The molecule has 1 saturated heterocycles. The predicted molar refractivity (Wildman–Crippen MR) is 124 cm³/mol. The molecule has 164 valence electrons. The first-order valence-corrected chi connectivity index (χ1v) is 10.8. The number of aromatic nitrogens is 4. The number of nitrogen functional groups attached to an aromatic ring is 1. The van der Waals surface area contributed by atoms with Crippen molar-refractivity contribution >= 4 is 28.6 Å². The second-order valence-corrected chi connectivity index (χ2v) is 8.20. The molecule has 3 heterocycles. The zero-order valence-corrected chi connectivity index (χ0v) is 18.4. The third-order valence-electron chi connectivity index (χ3n) is 5.62. The molecule has 0 spiro atoms. The van der Waals surface area contributed by atoms with Crippen LogP contribution in [-0.4, -0.2) is 44.4 Å². The van der Waals surface area contributed by atoms with Gasteiger partial charge in [-0.05, 0) is 61.0 Å². The monoisotopic (exact) mass is 450 g/mol. The fourth-order valence-corrected chi connectivity index (χ4v) is 4.32. The quantitative estimate of drug-likeness (QED) is 0.442. The van der Waals surface area contributed by atoms with Gasteiger partial charge in [-0.15, -0.1) is 0 Å². The predicted octanol–water partition coefficient (Wildman–Crippen LogP) is 4.67. The molecule has 1 atom stereocenters. The average Bonchev–Trinajstić information content (AvgIpc) is 3.21. The van der Waals surface area contributed by atoms with Gasteiger partial charge in [0.15, 0.2) is 5.65 Å². The van der Waals surface area contributed by atoms with Crippen molar-refractivity contribution in [1.82, 2.24) is 24.2 Å². The number of methoxy groups -OCH3 is 1. The molecule has 1 aliphatic heterocycles. The third-order valence-corrected chi connectivity index (χ3v) is 5.92. The normalized spacial score (nSPS) is 16.9. The van der Waals surface area contributed by atoms with Crippen molar-refractivity contribution in [3.8, 4) is 28.5 Å². The van der Waals surface area contributed by atoms with Crippen molar-refractivity contribution in [2.45, 2.75) is 18.9 Å². The van der Waals surface area contributed by atoms with E-state index in [1.165, 1.54) is 6.33 Å². The Morgan fingerprint density at radius 3 is 2.66 bits per heavy atom. The molecule has 1 aliphatic rings. The zero-order chi connectivity index (χ0) is 22.1. The number of benzene rings is 2. The summed E-state index contributed by atoms with van der Waals surface area (Å²) >= 11 is 6.28. The second kappa shape index (κ2) is 8.64. The largest absolute Gasteiger partial charge is 0.497 e. The number of anilines is 1. The summed E-state index contributed by atoms with van der Waals surface area (Å²) in [7, 11) is 1.63. The summed E-state index contributed by atoms with van der Waals surface area (Å²) in [4.78, 5) is 8.69. The molecule has 9 heteroatoms. The summed E-state index contributed by atoms with van der Waals surface area (Å²) in [6.45, 7) is 1.57. The van der Waals surface area contributed by atoms with Crippen LogP contribution in [0.2, 0.25) is 0 Å². The van der Waals surface area contributed by atoms with E-state index in [0.717, 1.165) is 47.4 Å². The van der Waals surface area contributed by atoms with Gasteiger partial charge in [-0.3, -0.25) is 0 Å². The van der Waals surface area contributed by atoms with Gasteiger partial charge in [-0.1, -0.05) is 6.07 Å². The molecule has 0 saturated carbocycles. The van der Waals surface area contributed by atoms with Gasteiger partial charge in [0, 0.05) is 24.7 Å². The van der Waals surface area contributed by atoms with Crippen LogP contribution >= 0.6 is 11.8 Å². The molecule has 1 fully saturated rings. The summed E-state index contributed by atoms with van der Waals surface area (Å²) in [5.41, 5.74) is 8.63. The average molecular weight is 451 g/mol. The Morgan fingerprint density at radius 2 is 1.88 bits per heavy atom. The number of hydrogen-bond donors (Lipinski definition) is 1. The van der Waals surface area contributed by atoms with Crippen LogP contribution in [0.5, 0.6) is 17.2 Å². The van der Waals surface area contributed by atoms with Gasteiger partial charge >= 0.3 is 0 Å². The van der Waals surface area contributed by atoms with Gasteiger partial charge in [0.1, 0.15) is 35.1 Å². The molecule has 2 aromatic heterocycles. The van der Waals surface area contributed by atoms with Crippen LogP contribution in [0.3, 0.4) is 0 Å². The van der Waals surface area contributed by atoms with Crippen molar-refractivity contribution in [2.24, 2.45) is 0 Å². The molecule has 2 aromatic carbocycles. The molecule has 4 aromatic rings. The number of ether oxygens (including phenoxy) is 2. The lowest BCUT2D eigenvalue weighted by molar-refractivity contribution is 0.266.